The number of halogens is 1. The Labute approximate surface area is 216 Å². The quantitative estimate of drug-likeness (QED) is 0.216. The molecule has 0 unspecified atom stereocenters. The first kappa shape index (κ1) is 23.9. The predicted molar refractivity (Wildman–Crippen MR) is 151 cm³/mol. The monoisotopic (exact) mass is 509 g/mol. The smallest absolute Gasteiger partial charge is 0.233 e. The first-order valence-electron chi connectivity index (χ1n) is 11.6. The molecule has 5 heteroatoms. The van der Waals surface area contributed by atoms with E-state index in [1.165, 1.54) is 3.97 Å². The van der Waals surface area contributed by atoms with Crippen LogP contribution in [0.2, 0.25) is 5.02 Å². The number of hydrogen-bond acceptors (Lipinski definition) is 2. The molecule has 0 saturated carbocycles. The van der Waals surface area contributed by atoms with Crippen molar-refractivity contribution in [2.75, 3.05) is 0 Å². The van der Waals surface area contributed by atoms with E-state index < -0.39 is 10.0 Å². The first-order valence-corrected chi connectivity index (χ1v) is 13.4. The van der Waals surface area contributed by atoms with Crippen molar-refractivity contribution in [2.24, 2.45) is 0 Å². The van der Waals surface area contributed by atoms with Crippen LogP contribution in [0.1, 0.15) is 16.8 Å². The summed E-state index contributed by atoms with van der Waals surface area (Å²) in [5, 5.41) is 1.56. The fraction of sp³-hybridized carbons (Fsp3) is 0.0323. The Kier molecular flexibility index (Phi) is 6.64. The van der Waals surface area contributed by atoms with E-state index in [0.29, 0.717) is 16.2 Å². The van der Waals surface area contributed by atoms with Crippen molar-refractivity contribution in [2.45, 2.75) is 11.8 Å². The third kappa shape index (κ3) is 4.66. The molecular formula is C31H24ClNO2S. The van der Waals surface area contributed by atoms with Gasteiger partial charge in [-0.05, 0) is 54.5 Å². The molecule has 0 amide bonds. The fourth-order valence-corrected chi connectivity index (χ4v) is 5.90. The lowest BCUT2D eigenvalue weighted by Gasteiger charge is -2.11. The standard InChI is InChI=1S/C31H24ClNO2S/c1-23-15-21-27(22-16-23)36(34,35)33-29-13-8-6-12-28(29)31(25-10-3-2-4-11-25)30(33)14-7-5-9-24-17-19-26(32)20-18-24/h2-22H,1H3/b9-5+,14-7+. The normalized spacial score (nSPS) is 12.2. The molecule has 0 radical (unpaired) electrons. The lowest BCUT2D eigenvalue weighted by molar-refractivity contribution is 0.589. The molecule has 5 rings (SSSR count). The van der Waals surface area contributed by atoms with E-state index in [1.807, 2.05) is 122 Å². The van der Waals surface area contributed by atoms with Crippen LogP contribution in [0, 0.1) is 6.92 Å². The van der Waals surface area contributed by atoms with Gasteiger partial charge in [-0.1, -0.05) is 108 Å². The summed E-state index contributed by atoms with van der Waals surface area (Å²) in [6.45, 7) is 1.94. The fourth-order valence-electron chi connectivity index (χ4n) is 4.25. The largest absolute Gasteiger partial charge is 0.268 e. The van der Waals surface area contributed by atoms with E-state index in [4.69, 9.17) is 11.6 Å². The highest BCUT2D eigenvalue weighted by Crippen LogP contribution is 2.38. The number of fused-ring (bicyclic) bond motifs is 1. The van der Waals surface area contributed by atoms with Gasteiger partial charge in [-0.25, -0.2) is 12.4 Å². The molecule has 0 N–H and O–H groups in total. The molecule has 0 spiro atoms. The second-order valence-corrected chi connectivity index (χ2v) is 10.7. The van der Waals surface area contributed by atoms with Gasteiger partial charge in [0.1, 0.15) is 0 Å². The summed E-state index contributed by atoms with van der Waals surface area (Å²) in [4.78, 5) is 0.250. The number of aromatic nitrogens is 1. The van der Waals surface area contributed by atoms with Gasteiger partial charge in [-0.15, -0.1) is 0 Å². The third-order valence-corrected chi connectivity index (χ3v) is 8.01. The van der Waals surface area contributed by atoms with Crippen molar-refractivity contribution in [3.63, 3.8) is 0 Å². The van der Waals surface area contributed by atoms with E-state index in [9.17, 15) is 8.42 Å². The van der Waals surface area contributed by atoms with Crippen molar-refractivity contribution in [3.05, 3.63) is 137 Å². The van der Waals surface area contributed by atoms with Gasteiger partial charge >= 0.3 is 0 Å². The minimum atomic E-state index is -3.87. The number of para-hydroxylation sites is 1. The van der Waals surface area contributed by atoms with Crippen LogP contribution in [0.25, 0.3) is 34.2 Å². The summed E-state index contributed by atoms with van der Waals surface area (Å²) in [7, 11) is -3.87. The molecule has 0 fully saturated rings. The highest BCUT2D eigenvalue weighted by Gasteiger charge is 2.26. The topological polar surface area (TPSA) is 39.1 Å². The van der Waals surface area contributed by atoms with Gasteiger partial charge in [0.15, 0.2) is 0 Å². The van der Waals surface area contributed by atoms with Crippen molar-refractivity contribution in [1.29, 1.82) is 0 Å². The van der Waals surface area contributed by atoms with E-state index >= 15 is 0 Å². The molecule has 36 heavy (non-hydrogen) atoms. The number of benzene rings is 4. The van der Waals surface area contributed by atoms with Crippen LogP contribution >= 0.6 is 11.6 Å². The Bertz CT molecular complexity index is 1680. The van der Waals surface area contributed by atoms with E-state index in [0.717, 1.165) is 27.6 Å². The van der Waals surface area contributed by atoms with Gasteiger partial charge < -0.3 is 0 Å². The average Bonchev–Trinajstić information content (AvgIpc) is 3.23. The second-order valence-electron chi connectivity index (χ2n) is 8.50. The minimum Gasteiger partial charge on any atom is -0.233 e. The zero-order chi connectivity index (χ0) is 25.1. The number of nitrogens with zero attached hydrogens (tertiary/aromatic N) is 1. The van der Waals surface area contributed by atoms with E-state index in [2.05, 4.69) is 0 Å². The molecule has 5 aromatic rings. The van der Waals surface area contributed by atoms with Crippen molar-refractivity contribution in [1.82, 2.24) is 3.97 Å². The molecule has 0 saturated heterocycles. The first-order chi connectivity index (χ1) is 17.4. The Morgan fingerprint density at radius 2 is 1.36 bits per heavy atom. The molecule has 0 aliphatic rings. The average molecular weight is 510 g/mol. The SMILES string of the molecule is Cc1ccc(S(=O)(=O)n2c(/C=C/C=C/c3ccc(Cl)cc3)c(-c3ccccc3)c3ccccc32)cc1. The molecule has 1 aromatic heterocycles. The zero-order valence-corrected chi connectivity index (χ0v) is 21.2. The minimum absolute atomic E-state index is 0.250. The molecule has 0 atom stereocenters. The van der Waals surface area contributed by atoms with Gasteiger partial charge in [-0.2, -0.15) is 0 Å². The maximum atomic E-state index is 14.0. The molecule has 4 aromatic carbocycles. The zero-order valence-electron chi connectivity index (χ0n) is 19.7. The Balaban J connectivity index is 1.72. The van der Waals surface area contributed by atoms with Gasteiger partial charge in [0.2, 0.25) is 0 Å². The molecule has 1 heterocycles. The van der Waals surface area contributed by atoms with Crippen molar-refractivity contribution in [3.8, 4) is 11.1 Å². The third-order valence-electron chi connectivity index (χ3n) is 6.01. The van der Waals surface area contributed by atoms with Gasteiger partial charge in [0.25, 0.3) is 10.0 Å². The summed E-state index contributed by atoms with van der Waals surface area (Å²) >= 11 is 5.99. The van der Waals surface area contributed by atoms with Crippen LogP contribution in [0.3, 0.4) is 0 Å². The molecule has 0 aliphatic carbocycles. The van der Waals surface area contributed by atoms with Crippen LogP contribution < -0.4 is 0 Å². The summed E-state index contributed by atoms with van der Waals surface area (Å²) in [6, 6.07) is 32.0. The number of hydrogen-bond donors (Lipinski definition) is 0. The number of rotatable bonds is 6. The van der Waals surface area contributed by atoms with Crippen LogP contribution in [-0.4, -0.2) is 12.4 Å². The van der Waals surface area contributed by atoms with Gasteiger partial charge in [0.05, 0.1) is 16.1 Å². The maximum Gasteiger partial charge on any atom is 0.268 e. The Morgan fingerprint density at radius 1 is 0.722 bits per heavy atom. The van der Waals surface area contributed by atoms with Crippen LogP contribution in [0.4, 0.5) is 0 Å². The highest BCUT2D eigenvalue weighted by molar-refractivity contribution is 7.90. The molecule has 0 bridgehead atoms. The van der Waals surface area contributed by atoms with Crippen LogP contribution in [0.5, 0.6) is 0 Å². The Morgan fingerprint density at radius 3 is 2.08 bits per heavy atom. The molecular weight excluding hydrogens is 486 g/mol. The molecule has 178 valence electrons. The van der Waals surface area contributed by atoms with Crippen molar-refractivity contribution >= 4 is 44.7 Å². The second kappa shape index (κ2) is 10.0. The number of aryl methyl sites for hydroxylation is 1. The van der Waals surface area contributed by atoms with Crippen LogP contribution in [0.15, 0.2) is 120 Å². The lowest BCUT2D eigenvalue weighted by Crippen LogP contribution is -2.14. The maximum absolute atomic E-state index is 14.0. The summed E-state index contributed by atoms with van der Waals surface area (Å²) in [5.74, 6) is 0. The van der Waals surface area contributed by atoms with Gasteiger partial charge in [-0.3, -0.25) is 0 Å². The summed E-state index contributed by atoms with van der Waals surface area (Å²) in [5.41, 5.74) is 5.07. The molecule has 3 nitrogen and oxygen atoms in total. The Hall–Kier alpha value is -3.86. The van der Waals surface area contributed by atoms with Gasteiger partial charge in [0, 0.05) is 16.0 Å². The highest BCUT2D eigenvalue weighted by atomic mass is 35.5. The summed E-state index contributed by atoms with van der Waals surface area (Å²) < 4.78 is 29.5. The van der Waals surface area contributed by atoms with Crippen LogP contribution in [-0.2, 0) is 10.0 Å². The van der Waals surface area contributed by atoms with E-state index in [1.54, 1.807) is 12.1 Å². The molecule has 0 aliphatic heterocycles. The number of allylic oxidation sites excluding steroid dienone is 2. The lowest BCUT2D eigenvalue weighted by atomic mass is 10.0. The van der Waals surface area contributed by atoms with Crippen molar-refractivity contribution < 1.29 is 8.42 Å². The summed E-state index contributed by atoms with van der Waals surface area (Å²) in [6.07, 6.45) is 7.59. The van der Waals surface area contributed by atoms with E-state index in [-0.39, 0.29) is 4.90 Å². The predicted octanol–water partition coefficient (Wildman–Crippen LogP) is 8.23.